The molecule has 0 N–H and O–H groups in total. The van der Waals surface area contributed by atoms with Gasteiger partial charge in [-0.3, -0.25) is 0 Å². The van der Waals surface area contributed by atoms with Crippen molar-refractivity contribution in [2.24, 2.45) is 0 Å². The minimum Gasteiger partial charge on any atom is -0.440 e. The lowest BCUT2D eigenvalue weighted by molar-refractivity contribution is 0.463. The van der Waals surface area contributed by atoms with E-state index in [0.29, 0.717) is 11.5 Å². The van der Waals surface area contributed by atoms with Crippen molar-refractivity contribution in [3.05, 3.63) is 106 Å². The van der Waals surface area contributed by atoms with Crippen LogP contribution < -0.4 is 18.1 Å². The Labute approximate surface area is 304 Å². The first kappa shape index (κ1) is 37.9. The molecule has 0 bridgehead atoms. The second kappa shape index (κ2) is 14.0. The van der Waals surface area contributed by atoms with Crippen molar-refractivity contribution in [1.29, 1.82) is 0 Å². The Kier molecular flexibility index (Phi) is 10.6. The van der Waals surface area contributed by atoms with Crippen molar-refractivity contribution in [1.82, 2.24) is 0 Å². The van der Waals surface area contributed by atoms with Crippen LogP contribution in [-0.2, 0) is 21.7 Å². The van der Waals surface area contributed by atoms with Crippen molar-refractivity contribution in [2.75, 3.05) is 0 Å². The van der Waals surface area contributed by atoms with E-state index in [0.717, 1.165) is 22.6 Å². The molecule has 5 aromatic carbocycles. The summed E-state index contributed by atoms with van der Waals surface area (Å²) < 4.78 is 25.2. The number of hydrogen-bond donors (Lipinski definition) is 0. The van der Waals surface area contributed by atoms with Gasteiger partial charge in [-0.05, 0) is 116 Å². The molecular formula is C44H56O4P2. The van der Waals surface area contributed by atoms with E-state index in [2.05, 4.69) is 145 Å². The van der Waals surface area contributed by atoms with Crippen LogP contribution in [0.15, 0.2) is 72.8 Å². The third kappa shape index (κ3) is 8.58. The smallest absolute Gasteiger partial charge is 0.275 e. The van der Waals surface area contributed by atoms with Crippen molar-refractivity contribution >= 4 is 39.6 Å². The third-order valence-electron chi connectivity index (χ3n) is 9.25. The minimum absolute atomic E-state index is 0.0750. The van der Waals surface area contributed by atoms with Gasteiger partial charge in [0, 0.05) is 11.1 Å². The van der Waals surface area contributed by atoms with Crippen molar-refractivity contribution in [2.45, 2.75) is 119 Å². The summed E-state index contributed by atoms with van der Waals surface area (Å²) >= 11 is 0. The van der Waals surface area contributed by atoms with Gasteiger partial charge in [0.15, 0.2) is 11.5 Å². The van der Waals surface area contributed by atoms with Gasteiger partial charge in [0.05, 0.1) is 0 Å². The van der Waals surface area contributed by atoms with Gasteiger partial charge in [-0.15, -0.1) is 0 Å². The van der Waals surface area contributed by atoms with Gasteiger partial charge in [-0.1, -0.05) is 119 Å². The van der Waals surface area contributed by atoms with Crippen LogP contribution in [0.2, 0.25) is 0 Å². The lowest BCUT2D eigenvalue weighted by Gasteiger charge is -2.26. The molecule has 266 valence electrons. The number of fused-ring (bicyclic) bond motifs is 2. The Bertz CT molecular complexity index is 1870. The maximum Gasteiger partial charge on any atom is 0.275 e. The highest BCUT2D eigenvalue weighted by molar-refractivity contribution is 7.27. The maximum absolute atomic E-state index is 6.40. The molecule has 2 atom stereocenters. The highest BCUT2D eigenvalue weighted by atomic mass is 31.1. The van der Waals surface area contributed by atoms with Crippen LogP contribution in [0.25, 0.3) is 21.5 Å². The second-order valence-electron chi connectivity index (χ2n) is 17.7. The molecule has 0 heterocycles. The predicted octanol–water partition coefficient (Wildman–Crippen LogP) is 13.7. The Morgan fingerprint density at radius 2 is 0.640 bits per heavy atom. The van der Waals surface area contributed by atoms with Gasteiger partial charge in [-0.2, -0.15) is 0 Å². The summed E-state index contributed by atoms with van der Waals surface area (Å²) in [6.07, 6.45) is 0. The number of benzene rings is 5. The SMILES string of the molecule is Cc1cc2cc(OPOc3ccccc3OPOc3cc4cc(C)c(C(C)(C)C)cc4cc3C(C)(C)C)c(C(C)(C)C)cc2cc1C(C)(C)C. The summed E-state index contributed by atoms with van der Waals surface area (Å²) in [6.45, 7) is 31.3. The molecule has 0 spiro atoms. The summed E-state index contributed by atoms with van der Waals surface area (Å²) in [5, 5.41) is 4.79. The summed E-state index contributed by atoms with van der Waals surface area (Å²) in [6, 6.07) is 25.8. The van der Waals surface area contributed by atoms with E-state index in [-0.39, 0.29) is 39.7 Å². The first-order valence-electron chi connectivity index (χ1n) is 17.6. The summed E-state index contributed by atoms with van der Waals surface area (Å²) in [7, 11) is -0.503. The van der Waals surface area contributed by atoms with Crippen LogP contribution in [0.1, 0.15) is 116 Å². The minimum atomic E-state index is -0.251. The zero-order valence-electron chi connectivity index (χ0n) is 32.6. The van der Waals surface area contributed by atoms with Crippen LogP contribution in [0.5, 0.6) is 23.0 Å². The average molecular weight is 711 g/mol. The Morgan fingerprint density at radius 1 is 0.360 bits per heavy atom. The molecule has 6 heteroatoms. The molecular weight excluding hydrogens is 654 g/mol. The van der Waals surface area contributed by atoms with Crippen molar-refractivity contribution in [3.63, 3.8) is 0 Å². The van der Waals surface area contributed by atoms with Crippen molar-refractivity contribution < 1.29 is 18.1 Å². The molecule has 0 aromatic heterocycles. The third-order valence-corrected chi connectivity index (χ3v) is 10.5. The monoisotopic (exact) mass is 710 g/mol. The molecule has 2 unspecified atom stereocenters. The van der Waals surface area contributed by atoms with Crippen LogP contribution in [0, 0.1) is 13.8 Å². The highest BCUT2D eigenvalue weighted by Gasteiger charge is 2.24. The molecule has 5 aromatic rings. The van der Waals surface area contributed by atoms with Gasteiger partial charge in [0.1, 0.15) is 11.5 Å². The predicted molar refractivity (Wildman–Crippen MR) is 218 cm³/mol. The summed E-state index contributed by atoms with van der Waals surface area (Å²) in [4.78, 5) is 0. The van der Waals surface area contributed by atoms with Crippen LogP contribution in [0.4, 0.5) is 0 Å². The lowest BCUT2D eigenvalue weighted by Crippen LogP contribution is -2.14. The van der Waals surface area contributed by atoms with Gasteiger partial charge < -0.3 is 18.1 Å². The maximum atomic E-state index is 6.40. The van der Waals surface area contributed by atoms with Gasteiger partial charge >= 0.3 is 0 Å². The van der Waals surface area contributed by atoms with E-state index in [9.17, 15) is 0 Å². The van der Waals surface area contributed by atoms with Crippen LogP contribution in [0.3, 0.4) is 0 Å². The first-order valence-corrected chi connectivity index (χ1v) is 19.2. The van der Waals surface area contributed by atoms with Crippen LogP contribution >= 0.6 is 18.1 Å². The summed E-state index contributed by atoms with van der Waals surface area (Å²) in [5.41, 5.74) is 7.54. The Morgan fingerprint density at radius 3 is 0.960 bits per heavy atom. The lowest BCUT2D eigenvalue weighted by atomic mass is 9.81. The second-order valence-corrected chi connectivity index (χ2v) is 18.9. The largest absolute Gasteiger partial charge is 0.440 e. The molecule has 0 radical (unpaired) electrons. The molecule has 0 aliphatic carbocycles. The molecule has 50 heavy (non-hydrogen) atoms. The van der Waals surface area contributed by atoms with E-state index >= 15 is 0 Å². The fourth-order valence-corrected chi connectivity index (χ4v) is 7.80. The van der Waals surface area contributed by atoms with E-state index in [1.54, 1.807) is 0 Å². The fraction of sp³-hybridized carbons (Fsp3) is 0.409. The molecule has 5 rings (SSSR count). The molecule has 0 aliphatic heterocycles. The zero-order valence-corrected chi connectivity index (χ0v) is 34.6. The molecule has 0 saturated heterocycles. The summed E-state index contributed by atoms with van der Waals surface area (Å²) in [5.74, 6) is 2.91. The van der Waals surface area contributed by atoms with E-state index in [1.165, 1.54) is 43.8 Å². The molecule has 0 saturated carbocycles. The quantitative estimate of drug-likeness (QED) is 0.150. The molecule has 4 nitrogen and oxygen atoms in total. The topological polar surface area (TPSA) is 36.9 Å². The Balaban J connectivity index is 1.33. The molecule has 0 aliphatic rings. The number of aryl methyl sites for hydroxylation is 2. The number of para-hydroxylation sites is 2. The van der Waals surface area contributed by atoms with E-state index < -0.39 is 0 Å². The van der Waals surface area contributed by atoms with Gasteiger partial charge in [-0.25, -0.2) is 0 Å². The molecule has 0 fully saturated rings. The zero-order chi connectivity index (χ0) is 36.8. The first-order chi connectivity index (χ1) is 23.1. The fourth-order valence-electron chi connectivity index (χ4n) is 6.68. The molecule has 0 amide bonds. The highest BCUT2D eigenvalue weighted by Crippen LogP contribution is 2.43. The van der Waals surface area contributed by atoms with E-state index in [1.807, 2.05) is 24.3 Å². The Hall–Kier alpha value is -3.32. The number of hydrogen-bond acceptors (Lipinski definition) is 4. The van der Waals surface area contributed by atoms with Crippen molar-refractivity contribution in [3.8, 4) is 23.0 Å². The average Bonchev–Trinajstić information content (AvgIpc) is 2.98. The van der Waals surface area contributed by atoms with E-state index in [4.69, 9.17) is 18.1 Å². The van der Waals surface area contributed by atoms with Gasteiger partial charge in [0.25, 0.3) is 18.1 Å². The van der Waals surface area contributed by atoms with Crippen LogP contribution in [-0.4, -0.2) is 0 Å². The standard InChI is InChI=1S/C44H56O4P2/c1-27-19-29-25-39(35(43(9,10)11)23-31(29)21-33(27)41(3,4)5)47-49-45-37-17-15-16-18-38(37)46-50-48-40-26-30-20-28(2)34(42(6,7)8)22-32(30)24-36(40)44(12,13)14/h15-26,49-50H,1-14H3. The number of rotatable bonds is 8. The van der Waals surface area contributed by atoms with Gasteiger partial charge in [0.2, 0.25) is 0 Å². The normalized spacial score (nSPS) is 13.2.